The van der Waals surface area contributed by atoms with Crippen molar-refractivity contribution >= 4 is 11.5 Å². The molecular weight excluding hydrogens is 180 g/mol. The van der Waals surface area contributed by atoms with Crippen molar-refractivity contribution in [3.63, 3.8) is 0 Å². The Morgan fingerprint density at radius 1 is 1.64 bits per heavy atom. The minimum Gasteiger partial charge on any atom is -0.396 e. The number of aliphatic hydroxyl groups is 1. The molecule has 1 fully saturated rings. The van der Waals surface area contributed by atoms with Gasteiger partial charge in [-0.15, -0.1) is 0 Å². The molecule has 1 aromatic rings. The Hall–Kier alpha value is -1.36. The number of aromatic nitrogens is 2. The zero-order valence-corrected chi connectivity index (χ0v) is 7.93. The fourth-order valence-corrected chi connectivity index (χ4v) is 1.77. The Kier molecular flexibility index (Phi) is 2.49. The number of hydrogen-bond acceptors (Lipinski definition) is 5. The zero-order valence-electron chi connectivity index (χ0n) is 7.93. The molecule has 1 unspecified atom stereocenters. The molecule has 0 bridgehead atoms. The average molecular weight is 194 g/mol. The van der Waals surface area contributed by atoms with Gasteiger partial charge in [0.25, 0.3) is 0 Å². The summed E-state index contributed by atoms with van der Waals surface area (Å²) in [5.41, 5.74) is 6.36. The van der Waals surface area contributed by atoms with Gasteiger partial charge in [0.1, 0.15) is 6.33 Å². The standard InChI is InChI=1S/C9H14N4O/c10-8-3-11-6-12-9(8)13-2-1-7(4-13)5-14/h3,6-7,14H,1-2,4-5,10H2. The molecule has 1 saturated heterocycles. The van der Waals surface area contributed by atoms with Crippen LogP contribution < -0.4 is 10.6 Å². The minimum atomic E-state index is 0.238. The first-order chi connectivity index (χ1) is 6.81. The van der Waals surface area contributed by atoms with Gasteiger partial charge in [0.05, 0.1) is 11.9 Å². The summed E-state index contributed by atoms with van der Waals surface area (Å²) in [5, 5.41) is 9.01. The molecule has 2 heterocycles. The van der Waals surface area contributed by atoms with E-state index in [0.717, 1.165) is 25.3 Å². The average Bonchev–Trinajstić information content (AvgIpc) is 2.67. The molecule has 76 valence electrons. The molecule has 0 radical (unpaired) electrons. The monoisotopic (exact) mass is 194 g/mol. The van der Waals surface area contributed by atoms with Crippen LogP contribution in [-0.4, -0.2) is 34.8 Å². The van der Waals surface area contributed by atoms with Crippen LogP contribution in [0.2, 0.25) is 0 Å². The lowest BCUT2D eigenvalue weighted by atomic mass is 10.1. The second-order valence-corrected chi connectivity index (χ2v) is 3.58. The van der Waals surface area contributed by atoms with E-state index in [0.29, 0.717) is 11.6 Å². The quantitative estimate of drug-likeness (QED) is 0.686. The summed E-state index contributed by atoms with van der Waals surface area (Å²) in [7, 11) is 0. The number of hydrogen-bond donors (Lipinski definition) is 2. The SMILES string of the molecule is Nc1cncnc1N1CCC(CO)C1. The maximum atomic E-state index is 9.01. The van der Waals surface area contributed by atoms with E-state index < -0.39 is 0 Å². The Balaban J connectivity index is 2.13. The molecule has 0 aliphatic carbocycles. The Labute approximate surface area is 82.6 Å². The van der Waals surface area contributed by atoms with E-state index in [1.165, 1.54) is 6.33 Å². The molecule has 0 spiro atoms. The van der Waals surface area contributed by atoms with Gasteiger partial charge in [0.2, 0.25) is 0 Å². The smallest absolute Gasteiger partial charge is 0.155 e. The van der Waals surface area contributed by atoms with Gasteiger partial charge in [-0.05, 0) is 6.42 Å². The molecule has 1 aliphatic heterocycles. The van der Waals surface area contributed by atoms with Crippen molar-refractivity contribution < 1.29 is 5.11 Å². The van der Waals surface area contributed by atoms with Gasteiger partial charge in [0, 0.05) is 25.6 Å². The summed E-state index contributed by atoms with van der Waals surface area (Å²) in [4.78, 5) is 10.1. The molecule has 5 nitrogen and oxygen atoms in total. The van der Waals surface area contributed by atoms with Crippen molar-refractivity contribution in [3.8, 4) is 0 Å². The molecule has 1 atom stereocenters. The van der Waals surface area contributed by atoms with E-state index in [2.05, 4.69) is 14.9 Å². The van der Waals surface area contributed by atoms with Gasteiger partial charge in [-0.2, -0.15) is 0 Å². The highest BCUT2D eigenvalue weighted by atomic mass is 16.3. The normalized spacial score (nSPS) is 21.5. The number of nitrogens with zero attached hydrogens (tertiary/aromatic N) is 3. The van der Waals surface area contributed by atoms with Crippen LogP contribution >= 0.6 is 0 Å². The van der Waals surface area contributed by atoms with Crippen LogP contribution in [-0.2, 0) is 0 Å². The highest BCUT2D eigenvalue weighted by Gasteiger charge is 2.23. The molecule has 0 aromatic carbocycles. The predicted molar refractivity (Wildman–Crippen MR) is 53.9 cm³/mol. The summed E-state index contributed by atoms with van der Waals surface area (Å²) < 4.78 is 0. The van der Waals surface area contributed by atoms with Gasteiger partial charge in [-0.25, -0.2) is 9.97 Å². The van der Waals surface area contributed by atoms with Gasteiger partial charge in [0.15, 0.2) is 5.82 Å². The summed E-state index contributed by atoms with van der Waals surface area (Å²) in [5.74, 6) is 1.14. The second-order valence-electron chi connectivity index (χ2n) is 3.58. The molecule has 3 N–H and O–H groups in total. The van der Waals surface area contributed by atoms with E-state index in [9.17, 15) is 0 Å². The molecule has 0 saturated carbocycles. The van der Waals surface area contributed by atoms with Crippen molar-refractivity contribution in [2.24, 2.45) is 5.92 Å². The van der Waals surface area contributed by atoms with Crippen LogP contribution in [0.5, 0.6) is 0 Å². The van der Waals surface area contributed by atoms with Crippen LogP contribution in [0.1, 0.15) is 6.42 Å². The Bertz CT molecular complexity index is 317. The fourth-order valence-electron chi connectivity index (χ4n) is 1.77. The van der Waals surface area contributed by atoms with Crippen LogP contribution in [0.4, 0.5) is 11.5 Å². The van der Waals surface area contributed by atoms with E-state index in [1.807, 2.05) is 0 Å². The number of rotatable bonds is 2. The third-order valence-electron chi connectivity index (χ3n) is 2.56. The largest absolute Gasteiger partial charge is 0.396 e. The van der Waals surface area contributed by atoms with E-state index in [4.69, 9.17) is 10.8 Å². The highest BCUT2D eigenvalue weighted by Crippen LogP contribution is 2.25. The molecule has 0 amide bonds. The van der Waals surface area contributed by atoms with Crippen LogP contribution in [0, 0.1) is 5.92 Å². The highest BCUT2D eigenvalue weighted by molar-refractivity contribution is 5.61. The maximum absolute atomic E-state index is 9.01. The van der Waals surface area contributed by atoms with Gasteiger partial charge in [-0.1, -0.05) is 0 Å². The summed E-state index contributed by atoms with van der Waals surface area (Å²) >= 11 is 0. The van der Waals surface area contributed by atoms with Crippen molar-refractivity contribution in [1.82, 2.24) is 9.97 Å². The van der Waals surface area contributed by atoms with Crippen LogP contribution in [0.15, 0.2) is 12.5 Å². The molecule has 1 aromatic heterocycles. The molecule has 5 heteroatoms. The summed E-state index contributed by atoms with van der Waals surface area (Å²) in [6.45, 7) is 1.98. The van der Waals surface area contributed by atoms with Crippen molar-refractivity contribution in [3.05, 3.63) is 12.5 Å². The second kappa shape index (κ2) is 3.79. The number of nitrogens with two attached hydrogens (primary N) is 1. The van der Waals surface area contributed by atoms with Crippen molar-refractivity contribution in [1.29, 1.82) is 0 Å². The first-order valence-corrected chi connectivity index (χ1v) is 4.72. The van der Waals surface area contributed by atoms with Crippen molar-refractivity contribution in [2.45, 2.75) is 6.42 Å². The van der Waals surface area contributed by atoms with Crippen molar-refractivity contribution in [2.75, 3.05) is 30.3 Å². The van der Waals surface area contributed by atoms with Gasteiger partial charge in [-0.3, -0.25) is 0 Å². The van der Waals surface area contributed by atoms with E-state index in [-0.39, 0.29) is 6.61 Å². The molecule has 14 heavy (non-hydrogen) atoms. The minimum absolute atomic E-state index is 0.238. The number of anilines is 2. The van der Waals surface area contributed by atoms with E-state index in [1.54, 1.807) is 6.20 Å². The van der Waals surface area contributed by atoms with Crippen LogP contribution in [0.3, 0.4) is 0 Å². The van der Waals surface area contributed by atoms with E-state index >= 15 is 0 Å². The molecular formula is C9H14N4O. The Morgan fingerprint density at radius 2 is 2.50 bits per heavy atom. The lowest BCUT2D eigenvalue weighted by molar-refractivity contribution is 0.238. The van der Waals surface area contributed by atoms with Gasteiger partial charge < -0.3 is 15.7 Å². The fraction of sp³-hybridized carbons (Fsp3) is 0.556. The Morgan fingerprint density at radius 3 is 3.14 bits per heavy atom. The third-order valence-corrected chi connectivity index (χ3v) is 2.56. The summed E-state index contributed by atoms with van der Waals surface area (Å²) in [6.07, 6.45) is 4.10. The topological polar surface area (TPSA) is 75.3 Å². The third kappa shape index (κ3) is 1.63. The molecule has 2 rings (SSSR count). The lowest BCUT2D eigenvalue weighted by Gasteiger charge is -2.18. The van der Waals surface area contributed by atoms with Crippen LogP contribution in [0.25, 0.3) is 0 Å². The van der Waals surface area contributed by atoms with Gasteiger partial charge >= 0.3 is 0 Å². The zero-order chi connectivity index (χ0) is 9.97. The summed E-state index contributed by atoms with van der Waals surface area (Å²) in [6, 6.07) is 0. The maximum Gasteiger partial charge on any atom is 0.155 e. The lowest BCUT2D eigenvalue weighted by Crippen LogP contribution is -2.22. The first kappa shape index (κ1) is 9.21. The molecule has 1 aliphatic rings. The number of nitrogen functional groups attached to an aromatic ring is 1. The first-order valence-electron chi connectivity index (χ1n) is 4.72. The predicted octanol–water partition coefficient (Wildman–Crippen LogP) is -0.123. The number of aliphatic hydroxyl groups excluding tert-OH is 1.